The predicted molar refractivity (Wildman–Crippen MR) is 212 cm³/mol. The smallest absolute Gasteiger partial charge is 0.265 e. The van der Waals surface area contributed by atoms with Crippen molar-refractivity contribution in [1.29, 1.82) is 0 Å². The topological polar surface area (TPSA) is 150 Å². The number of hydrogen-bond donors (Lipinski definition) is 2. The van der Waals surface area contributed by atoms with E-state index < -0.39 is 102 Å². The minimum absolute atomic E-state index is 0.0650. The van der Waals surface area contributed by atoms with Crippen molar-refractivity contribution in [3.63, 3.8) is 0 Å². The summed E-state index contributed by atoms with van der Waals surface area (Å²) in [5, 5.41) is 5.60. The molecule has 59 heavy (non-hydrogen) atoms. The minimum atomic E-state index is -3.64. The molecule has 2 N–H and O–H groups in total. The number of hydrogen-bond acceptors (Lipinski definition) is 12. The highest BCUT2D eigenvalue weighted by Gasteiger charge is 2.47. The number of ether oxygens (including phenoxy) is 2. The second kappa shape index (κ2) is 17.0. The third-order valence-electron chi connectivity index (χ3n) is 10.6. The highest BCUT2D eigenvalue weighted by molar-refractivity contribution is 6.31. The fraction of sp³-hybridized carbons (Fsp3) is 0.415. The maximum Gasteiger partial charge on any atom is 0.265 e. The standard InChI is InChI=1S/C41H42ClF3N8O6/c1-58-32-20-29-25(38(47-22-46-29)48-24-3-4-28(43)27(42)17-24)19-33(32)59-16-2-9-50-10-7-23(8-11-50)21-51-12-14-52(15-13-51)31-18-26-35(37(45)36(31)44)41(57)53(40(26)56)30-5-6-34(54)49-39(30)55/h3-4,17-20,22-23,30H,2,5-16,21H2,1H3,(H,46,47,48)(H,49,54,55)/i12D2,13D2,14D2,15D2. The van der Waals surface area contributed by atoms with Gasteiger partial charge < -0.3 is 24.6 Å². The summed E-state index contributed by atoms with van der Waals surface area (Å²) in [5.74, 6) is -8.35. The Morgan fingerprint density at radius 3 is 2.44 bits per heavy atom. The van der Waals surface area contributed by atoms with Gasteiger partial charge in [-0.1, -0.05) is 11.6 Å². The number of anilines is 3. The summed E-state index contributed by atoms with van der Waals surface area (Å²) in [6, 6.07) is 6.45. The van der Waals surface area contributed by atoms with Gasteiger partial charge in [0.05, 0.1) is 46.6 Å². The van der Waals surface area contributed by atoms with E-state index >= 15 is 8.78 Å². The molecule has 310 valence electrons. The number of likely N-dealkylation sites (tertiary alicyclic amines) is 1. The fourth-order valence-electron chi connectivity index (χ4n) is 7.46. The molecule has 0 radical (unpaired) electrons. The van der Waals surface area contributed by atoms with Gasteiger partial charge in [0.2, 0.25) is 11.8 Å². The van der Waals surface area contributed by atoms with Crippen LogP contribution in [0.1, 0.15) is 63.8 Å². The Kier molecular flexibility index (Phi) is 9.04. The molecule has 1 unspecified atom stereocenters. The molecule has 0 aliphatic carbocycles. The zero-order valence-electron chi connectivity index (χ0n) is 39.4. The Morgan fingerprint density at radius 2 is 1.71 bits per heavy atom. The summed E-state index contributed by atoms with van der Waals surface area (Å²) >= 11 is 5.96. The number of nitrogens with one attached hydrogen (secondary N) is 2. The number of amides is 4. The first-order valence-electron chi connectivity index (χ1n) is 22.7. The molecule has 18 heteroatoms. The van der Waals surface area contributed by atoms with Crippen LogP contribution in [0.4, 0.5) is 30.4 Å². The quantitative estimate of drug-likeness (QED) is 0.143. The molecule has 8 rings (SSSR count). The monoisotopic (exact) mass is 842 g/mol. The Balaban J connectivity index is 0.921. The molecule has 0 spiro atoms. The molecule has 1 aromatic heterocycles. The van der Waals surface area contributed by atoms with Crippen LogP contribution >= 0.6 is 11.6 Å². The van der Waals surface area contributed by atoms with E-state index in [1.54, 1.807) is 12.1 Å². The first-order chi connectivity index (χ1) is 31.5. The largest absolute Gasteiger partial charge is 0.493 e. The van der Waals surface area contributed by atoms with Gasteiger partial charge in [-0.05, 0) is 75.0 Å². The van der Waals surface area contributed by atoms with Crippen molar-refractivity contribution in [3.8, 4) is 11.5 Å². The summed E-state index contributed by atoms with van der Waals surface area (Å²) in [5.41, 5.74) is -2.35. The average molecular weight is 843 g/mol. The Labute approximate surface area is 353 Å². The van der Waals surface area contributed by atoms with Gasteiger partial charge >= 0.3 is 0 Å². The summed E-state index contributed by atoms with van der Waals surface area (Å²) in [6.07, 6.45) is 2.08. The van der Waals surface area contributed by atoms with E-state index in [0.29, 0.717) is 88.7 Å². The number of fused-ring (bicyclic) bond motifs is 2. The van der Waals surface area contributed by atoms with Crippen LogP contribution in [-0.2, 0) is 9.59 Å². The second-order valence-electron chi connectivity index (χ2n) is 14.3. The lowest BCUT2D eigenvalue weighted by atomic mass is 9.95. The summed E-state index contributed by atoms with van der Waals surface area (Å²) < 4.78 is 129. The molecule has 4 aromatic rings. The number of benzene rings is 3. The number of piperazine rings is 1. The molecule has 4 aliphatic rings. The van der Waals surface area contributed by atoms with Crippen molar-refractivity contribution in [3.05, 3.63) is 76.3 Å². The first-order valence-corrected chi connectivity index (χ1v) is 19.1. The summed E-state index contributed by atoms with van der Waals surface area (Å²) in [4.78, 5) is 62.3. The van der Waals surface area contributed by atoms with Crippen LogP contribution in [0, 0.1) is 23.4 Å². The normalized spacial score (nSPS) is 24.8. The van der Waals surface area contributed by atoms with E-state index in [1.807, 2.05) is 5.32 Å². The van der Waals surface area contributed by atoms with Crippen molar-refractivity contribution in [2.75, 3.05) is 76.1 Å². The van der Waals surface area contributed by atoms with Gasteiger partial charge in [-0.15, -0.1) is 0 Å². The van der Waals surface area contributed by atoms with E-state index in [4.69, 9.17) is 32.0 Å². The highest BCUT2D eigenvalue weighted by atomic mass is 35.5. The van der Waals surface area contributed by atoms with Gasteiger partial charge in [-0.2, -0.15) is 0 Å². The van der Waals surface area contributed by atoms with Gasteiger partial charge in [0, 0.05) is 68.1 Å². The van der Waals surface area contributed by atoms with E-state index in [9.17, 15) is 23.6 Å². The van der Waals surface area contributed by atoms with Gasteiger partial charge in [0.15, 0.2) is 23.1 Å². The molecular formula is C41H42ClF3N8O6. The van der Waals surface area contributed by atoms with Crippen LogP contribution < -0.4 is 25.0 Å². The van der Waals surface area contributed by atoms with Crippen molar-refractivity contribution in [2.24, 2.45) is 5.92 Å². The van der Waals surface area contributed by atoms with Crippen molar-refractivity contribution < 1.29 is 52.8 Å². The zero-order chi connectivity index (χ0) is 48.5. The number of halogens is 4. The van der Waals surface area contributed by atoms with Crippen LogP contribution in [0.5, 0.6) is 11.5 Å². The predicted octanol–water partition coefficient (Wildman–Crippen LogP) is 5.16. The van der Waals surface area contributed by atoms with Gasteiger partial charge in [0.1, 0.15) is 24.0 Å². The van der Waals surface area contributed by atoms with Crippen molar-refractivity contribution in [2.45, 2.75) is 38.1 Å². The molecule has 5 heterocycles. The lowest BCUT2D eigenvalue weighted by Gasteiger charge is -2.39. The van der Waals surface area contributed by atoms with Crippen LogP contribution in [0.15, 0.2) is 42.7 Å². The Morgan fingerprint density at radius 1 is 0.932 bits per heavy atom. The fourth-order valence-corrected chi connectivity index (χ4v) is 7.64. The molecule has 3 saturated heterocycles. The van der Waals surface area contributed by atoms with Crippen LogP contribution in [0.25, 0.3) is 10.9 Å². The van der Waals surface area contributed by atoms with Gasteiger partial charge in [0.25, 0.3) is 11.8 Å². The second-order valence-corrected chi connectivity index (χ2v) is 14.7. The van der Waals surface area contributed by atoms with E-state index in [2.05, 4.69) is 20.2 Å². The number of carbonyl (C=O) groups is 4. The van der Waals surface area contributed by atoms with E-state index in [0.717, 1.165) is 0 Å². The van der Waals surface area contributed by atoms with E-state index in [-0.39, 0.29) is 29.4 Å². The molecule has 1 atom stereocenters. The molecule has 0 saturated carbocycles. The summed E-state index contributed by atoms with van der Waals surface area (Å²) in [7, 11) is 1.49. The third-order valence-corrected chi connectivity index (χ3v) is 10.8. The maximum atomic E-state index is 16.1. The summed E-state index contributed by atoms with van der Waals surface area (Å²) in [6.45, 7) is -12.8. The Bertz CT molecular complexity index is 2670. The first kappa shape index (κ1) is 31.4. The molecule has 14 nitrogen and oxygen atoms in total. The van der Waals surface area contributed by atoms with Gasteiger partial charge in [-0.25, -0.2) is 23.1 Å². The minimum Gasteiger partial charge on any atom is -0.493 e. The third kappa shape index (κ3) is 8.23. The number of methoxy groups -OCH3 is 1. The Hall–Kier alpha value is -5.52. The zero-order valence-corrected chi connectivity index (χ0v) is 32.2. The van der Waals surface area contributed by atoms with Crippen LogP contribution in [0.2, 0.25) is 5.02 Å². The molecule has 4 aliphatic heterocycles. The molecule has 4 amide bonds. The number of carbonyl (C=O) groups excluding carboxylic acids is 4. The molecule has 3 fully saturated rings. The number of piperidine rings is 2. The van der Waals surface area contributed by atoms with Crippen molar-refractivity contribution in [1.82, 2.24) is 30.0 Å². The molecule has 3 aromatic carbocycles. The van der Waals surface area contributed by atoms with Crippen molar-refractivity contribution >= 4 is 63.3 Å². The SMILES string of the molecule is [2H]C1([2H])N(CC2CCN(CCCOc3cc4c(Nc5ccc(F)c(Cl)c5)ncnc4cc3OC)CC2)C([2H])([2H])C([2H])([2H])N(c2cc3c(c(F)c2F)C(=O)N(C2CCC(=O)NC2=O)C3=O)C1([2H])[2H]. The lowest BCUT2D eigenvalue weighted by Crippen LogP contribution is -2.54. The maximum absolute atomic E-state index is 16.1. The van der Waals surface area contributed by atoms with Crippen LogP contribution in [0.3, 0.4) is 0 Å². The number of aromatic nitrogens is 2. The molecule has 0 bridgehead atoms. The number of rotatable bonds is 12. The number of nitrogens with zero attached hydrogens (tertiary/aromatic N) is 6. The average Bonchev–Trinajstić information content (AvgIpc) is 3.51. The highest BCUT2D eigenvalue weighted by Crippen LogP contribution is 2.37. The lowest BCUT2D eigenvalue weighted by molar-refractivity contribution is -0.136. The van der Waals surface area contributed by atoms with Crippen LogP contribution in [-0.4, -0.2) is 120 Å². The number of imide groups is 2. The van der Waals surface area contributed by atoms with E-state index in [1.165, 1.54) is 31.6 Å². The van der Waals surface area contributed by atoms with Gasteiger partial charge in [-0.3, -0.25) is 34.3 Å². The molecular weight excluding hydrogens is 793 g/mol.